The Kier molecular flexibility index (Phi) is 6.01. The van der Waals surface area contributed by atoms with Crippen LogP contribution in [0.25, 0.3) is 0 Å². The number of rotatable bonds is 6. The molecular weight excluding hydrogens is 316 g/mol. The number of methoxy groups -OCH3 is 1. The van der Waals surface area contributed by atoms with Gasteiger partial charge in [0, 0.05) is 12.5 Å². The van der Waals surface area contributed by atoms with Gasteiger partial charge in [-0.2, -0.15) is 0 Å². The lowest BCUT2D eigenvalue weighted by Crippen LogP contribution is -2.43. The summed E-state index contributed by atoms with van der Waals surface area (Å²) in [5.74, 6) is -2.62. The Balaban J connectivity index is 2.05. The summed E-state index contributed by atoms with van der Waals surface area (Å²) in [7, 11) is 1.23. The third-order valence-corrected chi connectivity index (χ3v) is 3.39. The van der Waals surface area contributed by atoms with Gasteiger partial charge in [-0.1, -0.05) is 30.3 Å². The summed E-state index contributed by atoms with van der Waals surface area (Å²) in [5.41, 5.74) is 1.04. The summed E-state index contributed by atoms with van der Waals surface area (Å²) in [6, 6.07) is 11.1. The van der Waals surface area contributed by atoms with E-state index in [1.807, 2.05) is 30.3 Å². The van der Waals surface area contributed by atoms with Gasteiger partial charge in [-0.3, -0.25) is 4.79 Å². The molecule has 0 saturated carbocycles. The van der Waals surface area contributed by atoms with Crippen molar-refractivity contribution in [2.24, 2.45) is 0 Å². The van der Waals surface area contributed by atoms with E-state index in [1.54, 1.807) is 0 Å². The Morgan fingerprint density at radius 3 is 2.25 bits per heavy atom. The molecule has 0 radical (unpaired) electrons. The Bertz CT molecular complexity index is 699. The molecule has 0 aliphatic carbocycles. The summed E-state index contributed by atoms with van der Waals surface area (Å²) in [5, 5.41) is 2.55. The van der Waals surface area contributed by atoms with Gasteiger partial charge in [0.15, 0.2) is 0 Å². The second-order valence-electron chi connectivity index (χ2n) is 5.29. The Morgan fingerprint density at radius 2 is 1.67 bits per heavy atom. The fraction of sp³-hybridized carbons (Fsp3) is 0.222. The molecule has 0 heterocycles. The fourth-order valence-electron chi connectivity index (χ4n) is 2.33. The van der Waals surface area contributed by atoms with E-state index in [-0.39, 0.29) is 18.4 Å². The van der Waals surface area contributed by atoms with Crippen molar-refractivity contribution in [3.63, 3.8) is 0 Å². The van der Waals surface area contributed by atoms with E-state index in [9.17, 15) is 18.4 Å². The molecule has 0 fully saturated rings. The lowest BCUT2D eigenvalue weighted by molar-refractivity contribution is -0.145. The number of hydrogen-bond acceptors (Lipinski definition) is 3. The van der Waals surface area contributed by atoms with Crippen LogP contribution in [0.5, 0.6) is 0 Å². The minimum atomic E-state index is -0.872. The largest absolute Gasteiger partial charge is 0.467 e. The molecule has 0 aliphatic heterocycles. The SMILES string of the molecule is COC(=O)[C@H](Cc1ccccc1)NC(=O)Cc1cc(F)cc(F)c1. The maximum atomic E-state index is 13.2. The van der Waals surface area contributed by atoms with E-state index in [4.69, 9.17) is 4.74 Å². The zero-order valence-electron chi connectivity index (χ0n) is 13.1. The normalized spacial score (nSPS) is 11.6. The first-order chi connectivity index (χ1) is 11.5. The lowest BCUT2D eigenvalue weighted by Gasteiger charge is -2.16. The number of benzene rings is 2. The van der Waals surface area contributed by atoms with Gasteiger partial charge in [-0.05, 0) is 23.3 Å². The molecule has 0 saturated heterocycles. The molecule has 1 atom stereocenters. The number of hydrogen-bond donors (Lipinski definition) is 1. The summed E-state index contributed by atoms with van der Waals surface area (Å²) in [6.07, 6.45) is 0.0216. The Morgan fingerprint density at radius 1 is 1.04 bits per heavy atom. The van der Waals surface area contributed by atoms with Crippen molar-refractivity contribution in [2.75, 3.05) is 7.11 Å². The van der Waals surface area contributed by atoms with Gasteiger partial charge in [-0.25, -0.2) is 13.6 Å². The van der Waals surface area contributed by atoms with Crippen LogP contribution in [0, 0.1) is 11.6 Å². The predicted molar refractivity (Wildman–Crippen MR) is 84.2 cm³/mol. The van der Waals surface area contributed by atoms with Gasteiger partial charge in [0.25, 0.3) is 0 Å². The molecule has 1 N–H and O–H groups in total. The molecular formula is C18H17F2NO3. The maximum absolute atomic E-state index is 13.2. The smallest absolute Gasteiger partial charge is 0.328 e. The summed E-state index contributed by atoms with van der Waals surface area (Å²) in [4.78, 5) is 23.9. The zero-order chi connectivity index (χ0) is 17.5. The molecule has 0 spiro atoms. The van der Waals surface area contributed by atoms with Gasteiger partial charge in [0.2, 0.25) is 5.91 Å². The van der Waals surface area contributed by atoms with Crippen molar-refractivity contribution in [2.45, 2.75) is 18.9 Å². The van der Waals surface area contributed by atoms with Gasteiger partial charge < -0.3 is 10.1 Å². The molecule has 2 aromatic rings. The molecule has 2 rings (SSSR count). The molecule has 24 heavy (non-hydrogen) atoms. The minimum Gasteiger partial charge on any atom is -0.467 e. The maximum Gasteiger partial charge on any atom is 0.328 e. The number of nitrogens with one attached hydrogen (secondary N) is 1. The third-order valence-electron chi connectivity index (χ3n) is 3.39. The van der Waals surface area contributed by atoms with E-state index in [1.165, 1.54) is 7.11 Å². The second-order valence-corrected chi connectivity index (χ2v) is 5.29. The summed E-state index contributed by atoms with van der Waals surface area (Å²) < 4.78 is 31.0. The molecule has 126 valence electrons. The van der Waals surface area contributed by atoms with Crippen LogP contribution in [0.2, 0.25) is 0 Å². The highest BCUT2D eigenvalue weighted by atomic mass is 19.1. The number of carbonyl (C=O) groups is 2. The molecule has 6 heteroatoms. The quantitative estimate of drug-likeness (QED) is 0.826. The van der Waals surface area contributed by atoms with Gasteiger partial charge in [0.05, 0.1) is 13.5 Å². The van der Waals surface area contributed by atoms with Crippen LogP contribution >= 0.6 is 0 Å². The highest BCUT2D eigenvalue weighted by Crippen LogP contribution is 2.09. The number of esters is 1. The predicted octanol–water partition coefficient (Wildman–Crippen LogP) is 2.41. The summed E-state index contributed by atoms with van der Waals surface area (Å²) >= 11 is 0. The van der Waals surface area contributed by atoms with Gasteiger partial charge >= 0.3 is 5.97 Å². The van der Waals surface area contributed by atoms with E-state index in [0.29, 0.717) is 0 Å². The number of amides is 1. The number of carbonyl (C=O) groups excluding carboxylic acids is 2. The van der Waals surface area contributed by atoms with E-state index in [0.717, 1.165) is 23.8 Å². The van der Waals surface area contributed by atoms with E-state index >= 15 is 0 Å². The van der Waals surface area contributed by atoms with Crippen LogP contribution in [0.15, 0.2) is 48.5 Å². The Labute approximate surface area is 138 Å². The van der Waals surface area contributed by atoms with Crippen molar-refractivity contribution in [3.8, 4) is 0 Å². The van der Waals surface area contributed by atoms with E-state index < -0.39 is 29.6 Å². The van der Waals surface area contributed by atoms with Crippen LogP contribution in [-0.2, 0) is 27.2 Å². The standard InChI is InChI=1S/C18H17F2NO3/c1-24-18(23)16(9-12-5-3-2-4-6-12)21-17(22)10-13-7-14(19)11-15(20)8-13/h2-8,11,16H,9-10H2,1H3,(H,21,22)/t16-/m0/s1. The molecule has 1 amide bonds. The van der Waals surface area contributed by atoms with Crippen LogP contribution in [-0.4, -0.2) is 25.0 Å². The zero-order valence-corrected chi connectivity index (χ0v) is 13.1. The van der Waals surface area contributed by atoms with Gasteiger partial charge in [-0.15, -0.1) is 0 Å². The molecule has 0 unspecified atom stereocenters. The molecule has 4 nitrogen and oxygen atoms in total. The number of ether oxygens (including phenoxy) is 1. The van der Waals surface area contributed by atoms with Crippen molar-refractivity contribution >= 4 is 11.9 Å². The topological polar surface area (TPSA) is 55.4 Å². The minimum absolute atomic E-state index is 0.188. The second kappa shape index (κ2) is 8.19. The van der Waals surface area contributed by atoms with Crippen molar-refractivity contribution in [1.82, 2.24) is 5.32 Å². The monoisotopic (exact) mass is 333 g/mol. The van der Waals surface area contributed by atoms with Gasteiger partial charge in [0.1, 0.15) is 17.7 Å². The highest BCUT2D eigenvalue weighted by molar-refractivity contribution is 5.85. The first kappa shape index (κ1) is 17.6. The number of halogens is 2. The van der Waals surface area contributed by atoms with E-state index in [2.05, 4.69) is 5.32 Å². The average molecular weight is 333 g/mol. The van der Waals surface area contributed by atoms with Crippen molar-refractivity contribution in [3.05, 3.63) is 71.3 Å². The van der Waals surface area contributed by atoms with Crippen molar-refractivity contribution < 1.29 is 23.1 Å². The van der Waals surface area contributed by atoms with Crippen molar-refractivity contribution in [1.29, 1.82) is 0 Å². The third kappa shape index (κ3) is 5.15. The Hall–Kier alpha value is -2.76. The fourth-order valence-corrected chi connectivity index (χ4v) is 2.33. The molecule has 0 aliphatic rings. The first-order valence-corrected chi connectivity index (χ1v) is 7.34. The average Bonchev–Trinajstić information content (AvgIpc) is 2.53. The van der Waals surface area contributed by atoms with Crippen LogP contribution < -0.4 is 5.32 Å². The molecule has 2 aromatic carbocycles. The first-order valence-electron chi connectivity index (χ1n) is 7.34. The molecule has 0 bridgehead atoms. The van der Waals surface area contributed by atoms with Crippen LogP contribution in [0.1, 0.15) is 11.1 Å². The molecule has 0 aromatic heterocycles. The van der Waals surface area contributed by atoms with Crippen LogP contribution in [0.4, 0.5) is 8.78 Å². The highest BCUT2D eigenvalue weighted by Gasteiger charge is 2.22. The van der Waals surface area contributed by atoms with Crippen LogP contribution in [0.3, 0.4) is 0 Å². The summed E-state index contributed by atoms with van der Waals surface area (Å²) in [6.45, 7) is 0. The lowest BCUT2D eigenvalue weighted by atomic mass is 10.1.